The van der Waals surface area contributed by atoms with E-state index in [0.29, 0.717) is 46.1 Å². The topological polar surface area (TPSA) is 54.0 Å². The molecule has 0 amide bonds. The van der Waals surface area contributed by atoms with Gasteiger partial charge in [-0.2, -0.15) is 0 Å². The van der Waals surface area contributed by atoms with Crippen molar-refractivity contribution in [3.63, 3.8) is 0 Å². The Morgan fingerprint density at radius 2 is 1.52 bits per heavy atom. The second-order valence-corrected chi connectivity index (χ2v) is 4.69. The highest BCUT2D eigenvalue weighted by Crippen LogP contribution is 1.99. The second kappa shape index (κ2) is 13.8. The summed E-state index contributed by atoms with van der Waals surface area (Å²) in [5.41, 5.74) is 1.15. The number of hydrogen-bond acceptors (Lipinski definition) is 5. The van der Waals surface area contributed by atoms with E-state index in [1.807, 2.05) is 30.3 Å². The minimum absolute atomic E-state index is 0.240. The molecule has 0 aliphatic heterocycles. The van der Waals surface area contributed by atoms with Crippen LogP contribution in [-0.2, 0) is 30.3 Å². The lowest BCUT2D eigenvalue weighted by molar-refractivity contribution is -0.145. The number of hydrogen-bond donors (Lipinski definition) is 0. The predicted molar refractivity (Wildman–Crippen MR) is 86.8 cm³/mol. The second-order valence-electron chi connectivity index (χ2n) is 4.69. The van der Waals surface area contributed by atoms with Crippen molar-refractivity contribution in [2.75, 3.05) is 39.6 Å². The van der Waals surface area contributed by atoms with E-state index >= 15 is 0 Å². The normalized spacial score (nSPS) is 10.2. The summed E-state index contributed by atoms with van der Waals surface area (Å²) < 4.78 is 21.1. The summed E-state index contributed by atoms with van der Waals surface area (Å²) in [6.07, 6.45) is 5.71. The van der Waals surface area contributed by atoms with Crippen molar-refractivity contribution in [2.45, 2.75) is 19.4 Å². The molecule has 0 saturated heterocycles. The van der Waals surface area contributed by atoms with Crippen LogP contribution in [0.4, 0.5) is 0 Å². The molecule has 0 unspecified atom stereocenters. The number of ether oxygens (including phenoxy) is 4. The Kier molecular flexibility index (Phi) is 11.5. The highest BCUT2D eigenvalue weighted by molar-refractivity contribution is 5.69. The molecule has 0 aliphatic rings. The molecule has 0 heterocycles. The van der Waals surface area contributed by atoms with E-state index in [1.54, 1.807) is 0 Å². The van der Waals surface area contributed by atoms with E-state index in [-0.39, 0.29) is 19.0 Å². The van der Waals surface area contributed by atoms with Crippen LogP contribution in [0.15, 0.2) is 30.3 Å². The van der Waals surface area contributed by atoms with Crippen molar-refractivity contribution in [3.8, 4) is 12.3 Å². The van der Waals surface area contributed by atoms with Crippen LogP contribution in [0.5, 0.6) is 0 Å². The van der Waals surface area contributed by atoms with E-state index in [9.17, 15) is 4.79 Å². The lowest BCUT2D eigenvalue weighted by Crippen LogP contribution is -2.13. The van der Waals surface area contributed by atoms with Crippen molar-refractivity contribution in [1.82, 2.24) is 0 Å². The third-order valence-corrected chi connectivity index (χ3v) is 2.82. The fraction of sp³-hybridized carbons (Fsp3) is 0.500. The lowest BCUT2D eigenvalue weighted by atomic mass is 10.2. The first-order chi connectivity index (χ1) is 11.3. The van der Waals surface area contributed by atoms with Crippen LogP contribution in [0.3, 0.4) is 0 Å². The zero-order chi connectivity index (χ0) is 16.6. The maximum absolute atomic E-state index is 11.1. The summed E-state index contributed by atoms with van der Waals surface area (Å²) in [5, 5.41) is 0. The molecular weight excluding hydrogens is 296 g/mol. The fourth-order valence-corrected chi connectivity index (χ4v) is 1.66. The Morgan fingerprint density at radius 3 is 2.17 bits per heavy atom. The van der Waals surface area contributed by atoms with E-state index < -0.39 is 0 Å². The molecule has 0 N–H and O–H groups in total. The maximum Gasteiger partial charge on any atom is 0.306 e. The molecule has 126 valence electrons. The quantitative estimate of drug-likeness (QED) is 0.317. The number of carbonyl (C=O) groups excluding carboxylic acids is 1. The summed E-state index contributed by atoms with van der Waals surface area (Å²) in [6.45, 7) is 3.20. The molecule has 0 spiro atoms. The minimum Gasteiger partial charge on any atom is -0.463 e. The number of rotatable bonds is 13. The van der Waals surface area contributed by atoms with Crippen LogP contribution in [0.25, 0.3) is 0 Å². The van der Waals surface area contributed by atoms with Crippen LogP contribution in [0.1, 0.15) is 18.4 Å². The summed E-state index contributed by atoms with van der Waals surface area (Å²) in [6, 6.07) is 9.99. The van der Waals surface area contributed by atoms with E-state index in [1.165, 1.54) is 0 Å². The number of terminal acetylenes is 1. The Labute approximate surface area is 137 Å². The van der Waals surface area contributed by atoms with Gasteiger partial charge in [0.1, 0.15) is 6.61 Å². The van der Waals surface area contributed by atoms with Gasteiger partial charge in [0.25, 0.3) is 0 Å². The van der Waals surface area contributed by atoms with Gasteiger partial charge in [-0.25, -0.2) is 0 Å². The number of benzene rings is 1. The van der Waals surface area contributed by atoms with Gasteiger partial charge in [-0.1, -0.05) is 30.3 Å². The summed E-state index contributed by atoms with van der Waals surface area (Å²) in [5.74, 6) is 2.10. The number of carbonyl (C=O) groups is 1. The van der Waals surface area contributed by atoms with Gasteiger partial charge in [0.2, 0.25) is 0 Å². The van der Waals surface area contributed by atoms with Crippen LogP contribution in [0, 0.1) is 12.3 Å². The number of esters is 1. The van der Waals surface area contributed by atoms with Gasteiger partial charge in [0.15, 0.2) is 0 Å². The van der Waals surface area contributed by atoms with Gasteiger partial charge in [-0.15, -0.1) is 12.3 Å². The van der Waals surface area contributed by atoms with E-state index in [2.05, 4.69) is 5.92 Å². The third-order valence-electron chi connectivity index (χ3n) is 2.82. The molecule has 0 atom stereocenters. The summed E-state index contributed by atoms with van der Waals surface area (Å²) in [4.78, 5) is 11.1. The maximum atomic E-state index is 11.1. The van der Waals surface area contributed by atoms with Gasteiger partial charge >= 0.3 is 5.97 Å². The summed E-state index contributed by atoms with van der Waals surface area (Å²) in [7, 11) is 0. The smallest absolute Gasteiger partial charge is 0.306 e. The molecule has 0 aromatic heterocycles. The average molecular weight is 320 g/mol. The minimum atomic E-state index is -0.293. The molecule has 0 bridgehead atoms. The molecule has 0 radical (unpaired) electrons. The molecule has 1 aromatic carbocycles. The van der Waals surface area contributed by atoms with Gasteiger partial charge in [0, 0.05) is 6.42 Å². The van der Waals surface area contributed by atoms with Gasteiger partial charge in [-0.3, -0.25) is 4.79 Å². The van der Waals surface area contributed by atoms with Crippen molar-refractivity contribution in [1.29, 1.82) is 0 Å². The first-order valence-corrected chi connectivity index (χ1v) is 7.69. The van der Waals surface area contributed by atoms with Crippen molar-refractivity contribution in [3.05, 3.63) is 35.9 Å². The zero-order valence-corrected chi connectivity index (χ0v) is 13.4. The van der Waals surface area contributed by atoms with E-state index in [0.717, 1.165) is 5.56 Å². The van der Waals surface area contributed by atoms with Gasteiger partial charge < -0.3 is 18.9 Å². The van der Waals surface area contributed by atoms with Crippen molar-refractivity contribution >= 4 is 5.97 Å². The monoisotopic (exact) mass is 320 g/mol. The first-order valence-electron chi connectivity index (χ1n) is 7.69. The largest absolute Gasteiger partial charge is 0.463 e. The molecule has 5 heteroatoms. The summed E-state index contributed by atoms with van der Waals surface area (Å²) >= 11 is 0. The molecule has 0 fully saturated rings. The van der Waals surface area contributed by atoms with Crippen LogP contribution in [-0.4, -0.2) is 45.6 Å². The molecule has 23 heavy (non-hydrogen) atoms. The van der Waals surface area contributed by atoms with Gasteiger partial charge in [0.05, 0.1) is 46.1 Å². The SMILES string of the molecule is C#CCCC(=O)OCCOCCOCCOCc1ccccc1. The van der Waals surface area contributed by atoms with Crippen molar-refractivity contribution in [2.24, 2.45) is 0 Å². The standard InChI is InChI=1S/C18H24O5/c1-2-3-9-18(19)23-15-14-21-11-10-20-12-13-22-16-17-7-5-4-6-8-17/h1,4-8H,3,9-16H2. The van der Waals surface area contributed by atoms with E-state index in [4.69, 9.17) is 25.4 Å². The predicted octanol–water partition coefficient (Wildman–Crippen LogP) is 2.19. The first kappa shape index (κ1) is 19.2. The van der Waals surface area contributed by atoms with Crippen LogP contribution in [0.2, 0.25) is 0 Å². The highest BCUT2D eigenvalue weighted by Gasteiger charge is 2.00. The third kappa shape index (κ3) is 11.4. The van der Waals surface area contributed by atoms with Crippen LogP contribution < -0.4 is 0 Å². The zero-order valence-electron chi connectivity index (χ0n) is 13.4. The van der Waals surface area contributed by atoms with Crippen LogP contribution >= 0.6 is 0 Å². The Morgan fingerprint density at radius 1 is 0.913 bits per heavy atom. The fourth-order valence-electron chi connectivity index (χ4n) is 1.66. The highest BCUT2D eigenvalue weighted by atomic mass is 16.6. The molecular formula is C18H24O5. The molecule has 1 rings (SSSR count). The lowest BCUT2D eigenvalue weighted by Gasteiger charge is -2.07. The van der Waals surface area contributed by atoms with Crippen molar-refractivity contribution < 1.29 is 23.7 Å². The molecule has 0 saturated carbocycles. The Bertz CT molecular complexity index is 452. The molecule has 5 nitrogen and oxygen atoms in total. The Hall–Kier alpha value is -1.87. The molecule has 1 aromatic rings. The molecule has 0 aliphatic carbocycles. The average Bonchev–Trinajstić information content (AvgIpc) is 2.58. The Balaban J connectivity index is 1.80. The van der Waals surface area contributed by atoms with Gasteiger partial charge in [-0.05, 0) is 5.56 Å².